The number of hydrogen-bond donors (Lipinski definition) is 2. The number of amides is 1. The van der Waals surface area contributed by atoms with Crippen LogP contribution in [0.1, 0.15) is 24.8 Å². The van der Waals surface area contributed by atoms with Gasteiger partial charge in [-0.05, 0) is 43.5 Å². The third-order valence-electron chi connectivity index (χ3n) is 3.95. The van der Waals surface area contributed by atoms with Gasteiger partial charge in [0.1, 0.15) is 13.2 Å². The molecule has 0 bridgehead atoms. The summed E-state index contributed by atoms with van der Waals surface area (Å²) in [7, 11) is 0. The van der Waals surface area contributed by atoms with Crippen molar-refractivity contribution >= 4 is 5.91 Å². The van der Waals surface area contributed by atoms with E-state index in [1.54, 1.807) is 0 Å². The van der Waals surface area contributed by atoms with Gasteiger partial charge in [0.2, 0.25) is 5.91 Å². The molecule has 114 valence electrons. The second-order valence-electron chi connectivity index (χ2n) is 5.52. The Morgan fingerprint density at radius 2 is 2.10 bits per heavy atom. The fraction of sp³-hybridized carbons (Fsp3) is 0.562. The Kier molecular flexibility index (Phi) is 4.60. The second kappa shape index (κ2) is 6.80. The van der Waals surface area contributed by atoms with Gasteiger partial charge in [-0.25, -0.2) is 0 Å². The van der Waals surface area contributed by atoms with Crippen LogP contribution >= 0.6 is 0 Å². The number of fused-ring (bicyclic) bond motifs is 1. The largest absolute Gasteiger partial charge is 0.486 e. The van der Waals surface area contributed by atoms with Crippen molar-refractivity contribution in [3.8, 4) is 11.5 Å². The van der Waals surface area contributed by atoms with Gasteiger partial charge in [-0.2, -0.15) is 0 Å². The number of rotatable bonds is 4. The van der Waals surface area contributed by atoms with Gasteiger partial charge < -0.3 is 20.1 Å². The topological polar surface area (TPSA) is 59.6 Å². The highest BCUT2D eigenvalue weighted by Gasteiger charge is 2.19. The maximum Gasteiger partial charge on any atom is 0.237 e. The molecule has 2 aliphatic rings. The van der Waals surface area contributed by atoms with Gasteiger partial charge in [-0.3, -0.25) is 4.79 Å². The third kappa shape index (κ3) is 3.67. The van der Waals surface area contributed by atoms with E-state index in [0.29, 0.717) is 19.8 Å². The molecule has 1 aromatic carbocycles. The van der Waals surface area contributed by atoms with Crippen molar-refractivity contribution in [2.75, 3.05) is 26.3 Å². The van der Waals surface area contributed by atoms with E-state index in [1.807, 2.05) is 18.2 Å². The molecule has 5 nitrogen and oxygen atoms in total. The van der Waals surface area contributed by atoms with Crippen molar-refractivity contribution in [1.82, 2.24) is 10.6 Å². The molecule has 21 heavy (non-hydrogen) atoms. The standard InChI is InChI=1S/C16H22N2O3/c19-16(13-3-1-2-7-17-13)18-8-6-12-4-5-14-15(11-12)21-10-9-20-14/h4-5,11,13,17H,1-3,6-10H2,(H,18,19). The zero-order chi connectivity index (χ0) is 14.5. The second-order valence-corrected chi connectivity index (χ2v) is 5.52. The van der Waals surface area contributed by atoms with E-state index in [9.17, 15) is 4.79 Å². The van der Waals surface area contributed by atoms with E-state index in [1.165, 1.54) is 6.42 Å². The van der Waals surface area contributed by atoms with Gasteiger partial charge in [0.25, 0.3) is 0 Å². The summed E-state index contributed by atoms with van der Waals surface area (Å²) in [5.74, 6) is 1.73. The van der Waals surface area contributed by atoms with Crippen LogP contribution in [0.3, 0.4) is 0 Å². The summed E-state index contributed by atoms with van der Waals surface area (Å²) in [5, 5.41) is 6.27. The molecule has 1 saturated heterocycles. The summed E-state index contributed by atoms with van der Waals surface area (Å²) in [5.41, 5.74) is 1.15. The maximum atomic E-state index is 12.0. The summed E-state index contributed by atoms with van der Waals surface area (Å²) in [6, 6.07) is 5.95. The van der Waals surface area contributed by atoms with E-state index in [2.05, 4.69) is 10.6 Å². The highest BCUT2D eigenvalue weighted by atomic mass is 16.6. The minimum atomic E-state index is -0.0148. The third-order valence-corrected chi connectivity index (χ3v) is 3.95. The van der Waals surface area contributed by atoms with Gasteiger partial charge in [-0.15, -0.1) is 0 Å². The lowest BCUT2D eigenvalue weighted by Crippen LogP contribution is -2.47. The summed E-state index contributed by atoms with van der Waals surface area (Å²) in [4.78, 5) is 12.0. The molecule has 2 heterocycles. The van der Waals surface area contributed by atoms with Crippen molar-refractivity contribution in [2.24, 2.45) is 0 Å². The highest BCUT2D eigenvalue weighted by molar-refractivity contribution is 5.81. The number of nitrogens with one attached hydrogen (secondary N) is 2. The Balaban J connectivity index is 1.47. The Morgan fingerprint density at radius 3 is 2.90 bits per heavy atom. The molecule has 0 radical (unpaired) electrons. The molecule has 0 aromatic heterocycles. The van der Waals surface area contributed by atoms with E-state index in [0.717, 1.165) is 42.9 Å². The van der Waals surface area contributed by atoms with Crippen LogP contribution < -0.4 is 20.1 Å². The van der Waals surface area contributed by atoms with E-state index in [-0.39, 0.29) is 11.9 Å². The molecule has 3 rings (SSSR count). The normalized spacial score (nSPS) is 20.9. The number of benzene rings is 1. The quantitative estimate of drug-likeness (QED) is 0.876. The molecule has 5 heteroatoms. The lowest BCUT2D eigenvalue weighted by molar-refractivity contribution is -0.123. The highest BCUT2D eigenvalue weighted by Crippen LogP contribution is 2.30. The number of piperidine rings is 1. The molecule has 1 fully saturated rings. The van der Waals surface area contributed by atoms with Crippen LogP contribution in [0.15, 0.2) is 18.2 Å². The van der Waals surface area contributed by atoms with E-state index < -0.39 is 0 Å². The predicted molar refractivity (Wildman–Crippen MR) is 79.8 cm³/mol. The zero-order valence-electron chi connectivity index (χ0n) is 12.2. The van der Waals surface area contributed by atoms with Crippen molar-refractivity contribution in [1.29, 1.82) is 0 Å². The lowest BCUT2D eigenvalue weighted by Gasteiger charge is -2.22. The van der Waals surface area contributed by atoms with Crippen molar-refractivity contribution < 1.29 is 14.3 Å². The monoisotopic (exact) mass is 290 g/mol. The number of hydrogen-bond acceptors (Lipinski definition) is 4. The molecule has 0 aliphatic carbocycles. The van der Waals surface area contributed by atoms with Crippen LogP contribution in [0, 0.1) is 0 Å². The molecule has 0 spiro atoms. The van der Waals surface area contributed by atoms with Gasteiger partial charge in [0, 0.05) is 6.54 Å². The van der Waals surface area contributed by atoms with Crippen molar-refractivity contribution in [2.45, 2.75) is 31.7 Å². The van der Waals surface area contributed by atoms with E-state index in [4.69, 9.17) is 9.47 Å². The molecule has 1 atom stereocenters. The van der Waals surface area contributed by atoms with E-state index >= 15 is 0 Å². The Bertz CT molecular complexity index is 498. The molecular formula is C16H22N2O3. The van der Waals surface area contributed by atoms with Crippen LogP contribution in [0.4, 0.5) is 0 Å². The van der Waals surface area contributed by atoms with Crippen molar-refractivity contribution in [3.63, 3.8) is 0 Å². The van der Waals surface area contributed by atoms with Crippen LogP contribution in [0.25, 0.3) is 0 Å². The average Bonchev–Trinajstić information content (AvgIpc) is 2.55. The van der Waals surface area contributed by atoms with Crippen LogP contribution in [0.5, 0.6) is 11.5 Å². The smallest absolute Gasteiger partial charge is 0.237 e. The minimum Gasteiger partial charge on any atom is -0.486 e. The Morgan fingerprint density at radius 1 is 1.24 bits per heavy atom. The Labute approximate surface area is 125 Å². The molecule has 2 aliphatic heterocycles. The van der Waals surface area contributed by atoms with Gasteiger partial charge in [0.15, 0.2) is 11.5 Å². The van der Waals surface area contributed by atoms with Gasteiger partial charge >= 0.3 is 0 Å². The average molecular weight is 290 g/mol. The fourth-order valence-electron chi connectivity index (χ4n) is 2.77. The number of carbonyl (C=O) groups is 1. The fourth-order valence-corrected chi connectivity index (χ4v) is 2.77. The summed E-state index contributed by atoms with van der Waals surface area (Å²) < 4.78 is 11.1. The first-order chi connectivity index (χ1) is 10.3. The summed E-state index contributed by atoms with van der Waals surface area (Å²) >= 11 is 0. The molecule has 1 unspecified atom stereocenters. The summed E-state index contributed by atoms with van der Waals surface area (Å²) in [6.45, 7) is 2.80. The Hall–Kier alpha value is -1.75. The van der Waals surface area contributed by atoms with Crippen molar-refractivity contribution in [3.05, 3.63) is 23.8 Å². The molecule has 1 amide bonds. The first kappa shape index (κ1) is 14.2. The maximum absolute atomic E-state index is 12.0. The lowest BCUT2D eigenvalue weighted by atomic mass is 10.0. The molecule has 1 aromatic rings. The number of carbonyl (C=O) groups excluding carboxylic acids is 1. The summed E-state index contributed by atoms with van der Waals surface area (Å²) in [6.07, 6.45) is 4.04. The molecule has 2 N–H and O–H groups in total. The number of ether oxygens (including phenoxy) is 2. The first-order valence-corrected chi connectivity index (χ1v) is 7.72. The molecule has 0 saturated carbocycles. The van der Waals surface area contributed by atoms with Gasteiger partial charge in [-0.1, -0.05) is 12.5 Å². The minimum absolute atomic E-state index is 0.0148. The van der Waals surface area contributed by atoms with Crippen LogP contribution in [-0.2, 0) is 11.2 Å². The first-order valence-electron chi connectivity index (χ1n) is 7.72. The zero-order valence-corrected chi connectivity index (χ0v) is 12.2. The predicted octanol–water partition coefficient (Wildman–Crippen LogP) is 1.26. The molecular weight excluding hydrogens is 268 g/mol. The van der Waals surface area contributed by atoms with Crippen LogP contribution in [0.2, 0.25) is 0 Å². The van der Waals surface area contributed by atoms with Gasteiger partial charge in [0.05, 0.1) is 6.04 Å². The SMILES string of the molecule is O=C(NCCc1ccc2c(c1)OCCO2)C1CCCCN1. The van der Waals surface area contributed by atoms with Crippen LogP contribution in [-0.4, -0.2) is 38.3 Å².